The van der Waals surface area contributed by atoms with Crippen LogP contribution in [0.2, 0.25) is 0 Å². The molecule has 1 atom stereocenters. The maximum Gasteiger partial charge on any atom is 0.243 e. The van der Waals surface area contributed by atoms with E-state index in [2.05, 4.69) is 12.6 Å². The van der Waals surface area contributed by atoms with E-state index in [1.165, 1.54) is 0 Å². The van der Waals surface area contributed by atoms with E-state index < -0.39 is 10.0 Å². The maximum absolute atomic E-state index is 13.2. The number of rotatable bonds is 2. The summed E-state index contributed by atoms with van der Waals surface area (Å²) in [4.78, 5) is 0.322. The van der Waals surface area contributed by atoms with Crippen molar-refractivity contribution in [2.45, 2.75) is 29.6 Å². The minimum absolute atomic E-state index is 0.307. The first-order valence-electron chi connectivity index (χ1n) is 10.0. The Kier molecular flexibility index (Phi) is 5.76. The smallest absolute Gasteiger partial charge is 0.243 e. The molecule has 0 aromatic heterocycles. The zero-order chi connectivity index (χ0) is 20.3. The molecular formula is C23H27NO4S. The molecule has 4 rings (SSSR count). The van der Waals surface area contributed by atoms with Crippen LogP contribution in [0, 0.1) is 0 Å². The Morgan fingerprint density at radius 2 is 1.72 bits per heavy atom. The van der Waals surface area contributed by atoms with Crippen molar-refractivity contribution in [3.8, 4) is 5.75 Å². The van der Waals surface area contributed by atoms with Crippen molar-refractivity contribution in [3.05, 3.63) is 72.3 Å². The molecule has 1 unspecified atom stereocenters. The summed E-state index contributed by atoms with van der Waals surface area (Å²) in [6, 6.07) is 16.7. The van der Waals surface area contributed by atoms with Gasteiger partial charge in [-0.2, -0.15) is 4.31 Å². The van der Waals surface area contributed by atoms with Gasteiger partial charge in [-0.3, -0.25) is 0 Å². The second-order valence-corrected chi connectivity index (χ2v) is 9.84. The third-order valence-electron chi connectivity index (χ3n) is 5.66. The number of hydrogen-bond donors (Lipinski definition) is 0. The van der Waals surface area contributed by atoms with Gasteiger partial charge in [0.2, 0.25) is 10.0 Å². The third kappa shape index (κ3) is 4.10. The van der Waals surface area contributed by atoms with Crippen LogP contribution in [0.1, 0.15) is 24.8 Å². The van der Waals surface area contributed by atoms with Crippen LogP contribution in [-0.2, 0) is 20.2 Å². The Labute approximate surface area is 173 Å². The predicted octanol–water partition coefficient (Wildman–Crippen LogP) is 3.76. The van der Waals surface area contributed by atoms with Crippen molar-refractivity contribution < 1.29 is 17.9 Å². The van der Waals surface area contributed by atoms with Gasteiger partial charge in [0.05, 0.1) is 16.9 Å². The Bertz CT molecular complexity index is 973. The first-order chi connectivity index (χ1) is 14.0. The van der Waals surface area contributed by atoms with Crippen molar-refractivity contribution in [2.24, 2.45) is 0 Å². The second kappa shape index (κ2) is 8.30. The third-order valence-corrected chi connectivity index (χ3v) is 7.52. The number of nitrogens with zero attached hydrogens (tertiary/aromatic N) is 1. The van der Waals surface area contributed by atoms with E-state index in [1.807, 2.05) is 24.3 Å². The fourth-order valence-corrected chi connectivity index (χ4v) is 5.73. The van der Waals surface area contributed by atoms with E-state index in [-0.39, 0.29) is 5.41 Å². The van der Waals surface area contributed by atoms with Crippen LogP contribution in [-0.4, -0.2) is 45.6 Å². The average molecular weight is 414 g/mol. The number of benzene rings is 2. The Morgan fingerprint density at radius 3 is 2.55 bits per heavy atom. The molecule has 1 spiro atoms. The van der Waals surface area contributed by atoms with Crippen molar-refractivity contribution in [1.29, 1.82) is 0 Å². The molecule has 2 aromatic carbocycles. The van der Waals surface area contributed by atoms with E-state index in [4.69, 9.17) is 9.47 Å². The van der Waals surface area contributed by atoms with Crippen LogP contribution in [0.4, 0.5) is 0 Å². The quantitative estimate of drug-likeness (QED) is 0.704. The summed E-state index contributed by atoms with van der Waals surface area (Å²) in [5, 5.41) is 0. The monoisotopic (exact) mass is 413 g/mol. The van der Waals surface area contributed by atoms with Crippen LogP contribution >= 0.6 is 0 Å². The lowest BCUT2D eigenvalue weighted by Gasteiger charge is -2.30. The molecule has 0 saturated carbocycles. The molecule has 6 heteroatoms. The zero-order valence-electron chi connectivity index (χ0n) is 16.5. The molecule has 154 valence electrons. The van der Waals surface area contributed by atoms with Gasteiger partial charge in [0.25, 0.3) is 0 Å². The number of fused-ring (bicyclic) bond motifs is 2. The lowest BCUT2D eigenvalue weighted by Crippen LogP contribution is -2.37. The van der Waals surface area contributed by atoms with Crippen molar-refractivity contribution in [3.63, 3.8) is 0 Å². The summed E-state index contributed by atoms with van der Waals surface area (Å²) in [6.07, 6.45) is 2.19. The van der Waals surface area contributed by atoms with Gasteiger partial charge >= 0.3 is 0 Å². The van der Waals surface area contributed by atoms with E-state index >= 15 is 0 Å². The molecule has 5 nitrogen and oxygen atoms in total. The molecule has 2 aliphatic heterocycles. The topological polar surface area (TPSA) is 55.8 Å². The molecule has 0 amide bonds. The van der Waals surface area contributed by atoms with Gasteiger partial charge < -0.3 is 9.47 Å². The maximum atomic E-state index is 13.2. The second-order valence-electron chi connectivity index (χ2n) is 7.90. The molecule has 0 aliphatic carbocycles. The number of sulfonamides is 1. The lowest BCUT2D eigenvalue weighted by atomic mass is 9.78. The molecule has 29 heavy (non-hydrogen) atoms. The van der Waals surface area contributed by atoms with Crippen molar-refractivity contribution in [2.75, 3.05) is 32.9 Å². The highest BCUT2D eigenvalue weighted by Gasteiger charge is 2.42. The van der Waals surface area contributed by atoms with E-state index in [9.17, 15) is 8.42 Å². The van der Waals surface area contributed by atoms with Gasteiger partial charge in [0, 0.05) is 25.3 Å². The van der Waals surface area contributed by atoms with E-state index in [0.29, 0.717) is 44.2 Å². The van der Waals surface area contributed by atoms with Gasteiger partial charge in [0.1, 0.15) is 12.4 Å². The van der Waals surface area contributed by atoms with Crippen LogP contribution < -0.4 is 4.74 Å². The zero-order valence-corrected chi connectivity index (χ0v) is 17.4. The molecule has 0 radical (unpaired) electrons. The largest absolute Gasteiger partial charge is 0.492 e. The summed E-state index contributed by atoms with van der Waals surface area (Å²) in [6.45, 7) is 6.70. The van der Waals surface area contributed by atoms with E-state index in [0.717, 1.165) is 29.7 Å². The summed E-state index contributed by atoms with van der Waals surface area (Å²) in [5.74, 6) is 0.882. The van der Waals surface area contributed by atoms with Crippen molar-refractivity contribution in [1.82, 2.24) is 4.31 Å². The van der Waals surface area contributed by atoms with Crippen LogP contribution in [0.5, 0.6) is 5.75 Å². The highest BCUT2D eigenvalue weighted by atomic mass is 32.2. The molecule has 1 saturated heterocycles. The van der Waals surface area contributed by atoms with Gasteiger partial charge in [0.15, 0.2) is 0 Å². The Morgan fingerprint density at radius 1 is 0.966 bits per heavy atom. The number of hydrogen-bond acceptors (Lipinski definition) is 4. The van der Waals surface area contributed by atoms with Gasteiger partial charge in [-0.25, -0.2) is 8.42 Å². The highest BCUT2D eigenvalue weighted by molar-refractivity contribution is 7.89. The Hall–Kier alpha value is -2.15. The van der Waals surface area contributed by atoms with Crippen LogP contribution in [0.25, 0.3) is 0 Å². The first-order valence-corrected chi connectivity index (χ1v) is 11.5. The minimum atomic E-state index is -3.57. The predicted molar refractivity (Wildman–Crippen MR) is 113 cm³/mol. The van der Waals surface area contributed by atoms with Crippen molar-refractivity contribution >= 4 is 10.0 Å². The molecular weight excluding hydrogens is 386 g/mol. The molecule has 2 aromatic rings. The lowest BCUT2D eigenvalue weighted by molar-refractivity contribution is 0.0693. The average Bonchev–Trinajstić information content (AvgIpc) is 3.06. The fourth-order valence-electron chi connectivity index (χ4n) is 4.21. The molecule has 2 heterocycles. The normalized spacial score (nSPS) is 23.9. The fraction of sp³-hybridized carbons (Fsp3) is 0.391. The molecule has 1 fully saturated rings. The molecule has 0 bridgehead atoms. The molecule has 2 aliphatic rings. The minimum Gasteiger partial charge on any atom is -0.492 e. The summed E-state index contributed by atoms with van der Waals surface area (Å²) in [5.41, 5.74) is 1.67. The Balaban J connectivity index is 1.62. The van der Waals surface area contributed by atoms with E-state index in [1.54, 1.807) is 28.6 Å². The first kappa shape index (κ1) is 20.1. The van der Waals surface area contributed by atoms with Gasteiger partial charge in [-0.15, -0.1) is 0 Å². The summed E-state index contributed by atoms with van der Waals surface area (Å²) >= 11 is 0. The van der Waals surface area contributed by atoms with Crippen LogP contribution in [0.3, 0.4) is 0 Å². The van der Waals surface area contributed by atoms with Gasteiger partial charge in [-0.1, -0.05) is 48.6 Å². The standard InChI is InChI=1S/C23H27NO4S/c1-19-15-23(18-28-22-12-6-5-11-21(22)23)17-27-14-8-7-13-24(16-19)29(25,26)20-9-3-2-4-10-20/h2-6,9-12H,1,7-8,13-18H2. The van der Waals surface area contributed by atoms with Gasteiger partial charge in [-0.05, 0) is 37.5 Å². The summed E-state index contributed by atoms with van der Waals surface area (Å²) < 4.78 is 40.0. The SMILES string of the molecule is C=C1CN(S(=O)(=O)c2ccccc2)CCCCOCC2(COc3ccccc32)C1. The molecule has 0 N–H and O–H groups in total. The highest BCUT2D eigenvalue weighted by Crippen LogP contribution is 2.43. The van der Waals surface area contributed by atoms with Crippen LogP contribution in [0.15, 0.2) is 71.6 Å². The summed E-state index contributed by atoms with van der Waals surface area (Å²) in [7, 11) is -3.57. The number of ether oxygens (including phenoxy) is 2. The number of para-hydroxylation sites is 1.